The molecule has 1 aliphatic carbocycles. The molecule has 0 unspecified atom stereocenters. The number of morpholine rings is 1. The van der Waals surface area contributed by atoms with E-state index in [9.17, 15) is 0 Å². The first kappa shape index (κ1) is 18.4. The van der Waals surface area contributed by atoms with Crippen molar-refractivity contribution >= 4 is 0 Å². The molecule has 1 saturated heterocycles. The van der Waals surface area contributed by atoms with E-state index in [1.807, 2.05) is 24.4 Å². The maximum absolute atomic E-state index is 6.17. The standard InChI is InChI=1S/C22H28N2O3/c1-25-20-7-4-17(5-8-20)14-24-11-12-27-22-19(6-9-21(22)24)16-26-15-18-3-2-10-23-13-18/h2-5,7-8,10,13,19,21-22H,6,9,11-12,14-16H2,1H3/t19-,21+,22+/m0/s1. The first-order chi connectivity index (χ1) is 13.3. The molecule has 3 atom stereocenters. The van der Waals surface area contributed by atoms with E-state index in [2.05, 4.69) is 28.1 Å². The second kappa shape index (κ2) is 8.83. The van der Waals surface area contributed by atoms with E-state index < -0.39 is 0 Å². The van der Waals surface area contributed by atoms with Gasteiger partial charge in [0.2, 0.25) is 0 Å². The minimum absolute atomic E-state index is 0.283. The summed E-state index contributed by atoms with van der Waals surface area (Å²) in [5.41, 5.74) is 2.45. The van der Waals surface area contributed by atoms with Gasteiger partial charge >= 0.3 is 0 Å². The highest BCUT2D eigenvalue weighted by Gasteiger charge is 2.42. The lowest BCUT2D eigenvalue weighted by Gasteiger charge is -2.39. The zero-order valence-corrected chi connectivity index (χ0v) is 15.9. The lowest BCUT2D eigenvalue weighted by Crippen LogP contribution is -2.50. The lowest BCUT2D eigenvalue weighted by molar-refractivity contribution is -0.0891. The molecule has 1 saturated carbocycles. The fourth-order valence-corrected chi connectivity index (χ4v) is 4.29. The Kier molecular flexibility index (Phi) is 6.02. The number of benzene rings is 1. The number of ether oxygens (including phenoxy) is 3. The van der Waals surface area contributed by atoms with Crippen LogP contribution in [0.3, 0.4) is 0 Å². The Bertz CT molecular complexity index is 707. The molecular weight excluding hydrogens is 340 g/mol. The fourth-order valence-electron chi connectivity index (χ4n) is 4.29. The van der Waals surface area contributed by atoms with Crippen molar-refractivity contribution in [2.45, 2.75) is 38.1 Å². The summed E-state index contributed by atoms with van der Waals surface area (Å²) in [6, 6.07) is 12.9. The van der Waals surface area contributed by atoms with Crippen molar-refractivity contribution < 1.29 is 14.2 Å². The van der Waals surface area contributed by atoms with E-state index >= 15 is 0 Å². The first-order valence-electron chi connectivity index (χ1n) is 9.79. The molecule has 2 fully saturated rings. The van der Waals surface area contributed by atoms with E-state index in [-0.39, 0.29) is 6.10 Å². The lowest BCUT2D eigenvalue weighted by atomic mass is 10.0. The highest BCUT2D eigenvalue weighted by Crippen LogP contribution is 2.35. The van der Waals surface area contributed by atoms with Crippen LogP contribution in [0.4, 0.5) is 0 Å². The summed E-state index contributed by atoms with van der Waals surface area (Å²) in [4.78, 5) is 6.72. The molecule has 0 bridgehead atoms. The quantitative estimate of drug-likeness (QED) is 0.750. The van der Waals surface area contributed by atoms with Gasteiger partial charge in [0.25, 0.3) is 0 Å². The van der Waals surface area contributed by atoms with Crippen molar-refractivity contribution in [1.29, 1.82) is 0 Å². The molecule has 1 aromatic carbocycles. The van der Waals surface area contributed by atoms with Crippen molar-refractivity contribution in [2.75, 3.05) is 26.9 Å². The summed E-state index contributed by atoms with van der Waals surface area (Å²) in [6.07, 6.45) is 6.29. The van der Waals surface area contributed by atoms with Crippen LogP contribution < -0.4 is 4.74 Å². The predicted molar refractivity (Wildman–Crippen MR) is 104 cm³/mol. The molecule has 1 aromatic heterocycles. The van der Waals surface area contributed by atoms with Gasteiger partial charge in [-0.05, 0) is 42.2 Å². The third kappa shape index (κ3) is 4.49. The Morgan fingerprint density at radius 3 is 2.81 bits per heavy atom. The molecule has 5 nitrogen and oxygen atoms in total. The minimum Gasteiger partial charge on any atom is -0.497 e. The number of methoxy groups -OCH3 is 1. The number of hydrogen-bond acceptors (Lipinski definition) is 5. The zero-order chi connectivity index (χ0) is 18.5. The molecule has 0 spiro atoms. The topological polar surface area (TPSA) is 43.8 Å². The van der Waals surface area contributed by atoms with Gasteiger partial charge in [-0.3, -0.25) is 9.88 Å². The van der Waals surface area contributed by atoms with Crippen molar-refractivity contribution in [3.05, 3.63) is 59.9 Å². The summed E-state index contributed by atoms with van der Waals surface area (Å²) in [6.45, 7) is 4.15. The maximum atomic E-state index is 6.17. The first-order valence-corrected chi connectivity index (χ1v) is 9.79. The smallest absolute Gasteiger partial charge is 0.118 e. The average molecular weight is 368 g/mol. The number of hydrogen-bond donors (Lipinski definition) is 0. The van der Waals surface area contributed by atoms with Gasteiger partial charge in [-0.15, -0.1) is 0 Å². The molecule has 2 aliphatic rings. The van der Waals surface area contributed by atoms with Crippen LogP contribution >= 0.6 is 0 Å². The highest BCUT2D eigenvalue weighted by molar-refractivity contribution is 5.27. The van der Waals surface area contributed by atoms with E-state index in [1.54, 1.807) is 13.3 Å². The number of pyridine rings is 1. The van der Waals surface area contributed by atoms with Gasteiger partial charge in [-0.1, -0.05) is 18.2 Å². The van der Waals surface area contributed by atoms with Crippen LogP contribution in [0.5, 0.6) is 5.75 Å². The Morgan fingerprint density at radius 1 is 1.15 bits per heavy atom. The Hall–Kier alpha value is -1.95. The van der Waals surface area contributed by atoms with Gasteiger partial charge in [-0.25, -0.2) is 0 Å². The SMILES string of the molecule is COc1ccc(CN2CCO[C@@H]3[C@H](COCc4cccnc4)CC[C@H]32)cc1. The summed E-state index contributed by atoms with van der Waals surface area (Å²) in [5, 5.41) is 0. The van der Waals surface area contributed by atoms with Gasteiger partial charge in [0.05, 0.1) is 33.0 Å². The van der Waals surface area contributed by atoms with Gasteiger partial charge in [-0.2, -0.15) is 0 Å². The highest BCUT2D eigenvalue weighted by atomic mass is 16.5. The van der Waals surface area contributed by atoms with E-state index in [1.165, 1.54) is 18.4 Å². The van der Waals surface area contributed by atoms with Crippen LogP contribution in [0.1, 0.15) is 24.0 Å². The van der Waals surface area contributed by atoms with Crippen LogP contribution in [0, 0.1) is 5.92 Å². The molecule has 0 radical (unpaired) electrons. The van der Waals surface area contributed by atoms with Crippen molar-refractivity contribution in [3.8, 4) is 5.75 Å². The summed E-state index contributed by atoms with van der Waals surface area (Å²) < 4.78 is 17.4. The molecule has 0 N–H and O–H groups in total. The Morgan fingerprint density at radius 2 is 2.04 bits per heavy atom. The molecule has 5 heteroatoms. The zero-order valence-electron chi connectivity index (χ0n) is 15.9. The molecular formula is C22H28N2O3. The molecule has 4 rings (SSSR count). The monoisotopic (exact) mass is 368 g/mol. The van der Waals surface area contributed by atoms with Gasteiger partial charge in [0.15, 0.2) is 0 Å². The maximum Gasteiger partial charge on any atom is 0.118 e. The number of fused-ring (bicyclic) bond motifs is 1. The second-order valence-electron chi connectivity index (χ2n) is 7.44. The summed E-state index contributed by atoms with van der Waals surface area (Å²) in [7, 11) is 1.70. The minimum atomic E-state index is 0.283. The molecule has 144 valence electrons. The van der Waals surface area contributed by atoms with Crippen LogP contribution in [-0.4, -0.2) is 48.9 Å². The van der Waals surface area contributed by atoms with Crippen LogP contribution in [-0.2, 0) is 22.6 Å². The van der Waals surface area contributed by atoms with Crippen LogP contribution in [0.15, 0.2) is 48.8 Å². The Labute approximate surface area is 161 Å². The number of aromatic nitrogens is 1. The molecule has 2 aromatic rings. The van der Waals surface area contributed by atoms with E-state index in [4.69, 9.17) is 14.2 Å². The number of rotatable bonds is 7. The molecule has 2 heterocycles. The average Bonchev–Trinajstić information content (AvgIpc) is 3.14. The van der Waals surface area contributed by atoms with Crippen LogP contribution in [0.25, 0.3) is 0 Å². The Balaban J connectivity index is 1.31. The van der Waals surface area contributed by atoms with Crippen molar-refractivity contribution in [1.82, 2.24) is 9.88 Å². The molecule has 1 aliphatic heterocycles. The molecule has 27 heavy (non-hydrogen) atoms. The fraction of sp³-hybridized carbons (Fsp3) is 0.500. The van der Waals surface area contributed by atoms with Crippen molar-refractivity contribution in [3.63, 3.8) is 0 Å². The van der Waals surface area contributed by atoms with Crippen LogP contribution in [0.2, 0.25) is 0 Å². The van der Waals surface area contributed by atoms with Gasteiger partial charge in [0, 0.05) is 37.4 Å². The van der Waals surface area contributed by atoms with Crippen molar-refractivity contribution in [2.24, 2.45) is 5.92 Å². The van der Waals surface area contributed by atoms with E-state index in [0.717, 1.165) is 37.6 Å². The normalized spacial score (nSPS) is 25.3. The van der Waals surface area contributed by atoms with E-state index in [0.29, 0.717) is 18.6 Å². The third-order valence-electron chi connectivity index (χ3n) is 5.70. The predicted octanol–water partition coefficient (Wildman–Crippen LogP) is 3.29. The summed E-state index contributed by atoms with van der Waals surface area (Å²) in [5.74, 6) is 1.38. The largest absolute Gasteiger partial charge is 0.497 e. The van der Waals surface area contributed by atoms with Gasteiger partial charge < -0.3 is 14.2 Å². The van der Waals surface area contributed by atoms with Gasteiger partial charge in [0.1, 0.15) is 5.75 Å². The summed E-state index contributed by atoms with van der Waals surface area (Å²) >= 11 is 0. The second-order valence-corrected chi connectivity index (χ2v) is 7.44. The molecule has 0 amide bonds. The number of nitrogens with zero attached hydrogens (tertiary/aromatic N) is 2. The third-order valence-corrected chi connectivity index (χ3v) is 5.70.